The van der Waals surface area contributed by atoms with Gasteiger partial charge in [-0.25, -0.2) is 0 Å². The van der Waals surface area contributed by atoms with E-state index in [1.165, 1.54) is 34.9 Å². The zero-order valence-corrected chi connectivity index (χ0v) is 10.8. The normalized spacial score (nSPS) is 11.9. The molecule has 0 aliphatic carbocycles. The zero-order valence-electron chi connectivity index (χ0n) is 8.10. The summed E-state index contributed by atoms with van der Waals surface area (Å²) >= 11 is -1.50. The van der Waals surface area contributed by atoms with Gasteiger partial charge in [-0.2, -0.15) is 0 Å². The monoisotopic (exact) mass is 236 g/mol. The van der Waals surface area contributed by atoms with Crippen molar-refractivity contribution < 1.29 is 0 Å². The molecule has 0 heterocycles. The van der Waals surface area contributed by atoms with Gasteiger partial charge in [0, 0.05) is 0 Å². The van der Waals surface area contributed by atoms with Crippen LogP contribution in [0.1, 0.15) is 40.0 Å². The standard InChI is InChI=1S/C9H21AsS/c1-4-7-10(11,8-5-2)9-6-3/h4-9H2,1-3H3. The number of hydrogen-bond donors (Lipinski definition) is 0. The average Bonchev–Trinajstić information content (AvgIpc) is 1.88. The van der Waals surface area contributed by atoms with Gasteiger partial charge in [-0.05, 0) is 0 Å². The molecule has 0 N–H and O–H groups in total. The molecule has 0 bridgehead atoms. The fraction of sp³-hybridized carbons (Fsp3) is 1.00. The van der Waals surface area contributed by atoms with Crippen molar-refractivity contribution in [3.8, 4) is 0 Å². The van der Waals surface area contributed by atoms with E-state index in [-0.39, 0.29) is 0 Å². The summed E-state index contributed by atoms with van der Waals surface area (Å²) in [6, 6.07) is 0. The third-order valence-electron chi connectivity index (χ3n) is 1.89. The molecule has 0 spiro atoms. The Kier molecular flexibility index (Phi) is 6.76. The first kappa shape index (κ1) is 11.8. The molecule has 2 heteroatoms. The Morgan fingerprint density at radius 1 is 0.818 bits per heavy atom. The van der Waals surface area contributed by atoms with Crippen molar-refractivity contribution in [3.63, 3.8) is 0 Å². The molecular formula is C9H21AsS. The molecule has 0 aromatic rings. The van der Waals surface area contributed by atoms with Crippen LogP contribution in [0.5, 0.6) is 0 Å². The second-order valence-corrected chi connectivity index (χ2v) is 14.5. The summed E-state index contributed by atoms with van der Waals surface area (Å²) in [5.41, 5.74) is 0. The van der Waals surface area contributed by atoms with Crippen LogP contribution in [0.15, 0.2) is 0 Å². The van der Waals surface area contributed by atoms with Gasteiger partial charge in [0.15, 0.2) is 0 Å². The molecule has 0 saturated heterocycles. The summed E-state index contributed by atoms with van der Waals surface area (Å²) in [5, 5.41) is 4.19. The fourth-order valence-corrected chi connectivity index (χ4v) is 10.9. The zero-order chi connectivity index (χ0) is 8.74. The first-order valence-electron chi connectivity index (χ1n) is 4.75. The summed E-state index contributed by atoms with van der Waals surface area (Å²) in [7, 11) is 5.77. The van der Waals surface area contributed by atoms with Gasteiger partial charge >= 0.3 is 77.9 Å². The maximum absolute atomic E-state index is 5.77. The average molecular weight is 236 g/mol. The molecule has 0 saturated carbocycles. The topological polar surface area (TPSA) is 0 Å². The van der Waals surface area contributed by atoms with Gasteiger partial charge in [-0.1, -0.05) is 0 Å². The molecule has 0 unspecified atom stereocenters. The van der Waals surface area contributed by atoms with Crippen LogP contribution in [0, 0.1) is 0 Å². The molecule has 0 amide bonds. The van der Waals surface area contributed by atoms with Gasteiger partial charge in [0.25, 0.3) is 0 Å². The second-order valence-electron chi connectivity index (χ2n) is 3.23. The van der Waals surface area contributed by atoms with Crippen molar-refractivity contribution in [1.82, 2.24) is 0 Å². The second kappa shape index (κ2) is 6.31. The van der Waals surface area contributed by atoms with Crippen molar-refractivity contribution >= 4 is 22.3 Å². The Morgan fingerprint density at radius 3 is 1.27 bits per heavy atom. The minimum absolute atomic E-state index is 1.32. The number of hydrogen-bond acceptors (Lipinski definition) is 1. The predicted octanol–water partition coefficient (Wildman–Crippen LogP) is 4.36. The maximum atomic E-state index is 5.77. The van der Waals surface area contributed by atoms with Gasteiger partial charge in [0.05, 0.1) is 0 Å². The molecule has 11 heavy (non-hydrogen) atoms. The third-order valence-corrected chi connectivity index (χ3v) is 12.7. The molecule has 68 valence electrons. The van der Waals surface area contributed by atoms with E-state index >= 15 is 0 Å². The number of rotatable bonds is 6. The Bertz CT molecular complexity index is 108. The van der Waals surface area contributed by atoms with Crippen LogP contribution in [0.3, 0.4) is 0 Å². The van der Waals surface area contributed by atoms with E-state index in [0.29, 0.717) is 0 Å². The first-order valence-corrected chi connectivity index (χ1v) is 11.4. The molecule has 0 aromatic heterocycles. The molecule has 0 nitrogen and oxygen atoms in total. The third kappa shape index (κ3) is 5.09. The Labute approximate surface area is 78.0 Å². The summed E-state index contributed by atoms with van der Waals surface area (Å²) < 4.78 is 0. The van der Waals surface area contributed by atoms with Gasteiger partial charge in [0.2, 0.25) is 0 Å². The summed E-state index contributed by atoms with van der Waals surface area (Å²) in [4.78, 5) is 0. The Balaban J connectivity index is 3.91. The summed E-state index contributed by atoms with van der Waals surface area (Å²) in [6.45, 7) is 6.81. The van der Waals surface area contributed by atoms with E-state index in [1.807, 2.05) is 0 Å². The summed E-state index contributed by atoms with van der Waals surface area (Å²) in [5.74, 6) is 0. The van der Waals surface area contributed by atoms with Crippen LogP contribution in [0.25, 0.3) is 0 Å². The minimum atomic E-state index is -1.50. The van der Waals surface area contributed by atoms with Crippen molar-refractivity contribution in [1.29, 1.82) is 0 Å². The molecule has 0 rings (SSSR count). The van der Waals surface area contributed by atoms with Gasteiger partial charge in [-0.15, -0.1) is 0 Å². The van der Waals surface area contributed by atoms with E-state index in [4.69, 9.17) is 10.4 Å². The van der Waals surface area contributed by atoms with Crippen molar-refractivity contribution in [3.05, 3.63) is 0 Å². The van der Waals surface area contributed by atoms with Crippen LogP contribution < -0.4 is 0 Å². The Hall–Kier alpha value is 0.778. The van der Waals surface area contributed by atoms with Crippen LogP contribution in [-0.4, -0.2) is 11.9 Å². The quantitative estimate of drug-likeness (QED) is 0.617. The molecule has 0 aromatic carbocycles. The van der Waals surface area contributed by atoms with E-state index in [2.05, 4.69) is 20.8 Å². The molecule has 0 fully saturated rings. The van der Waals surface area contributed by atoms with E-state index < -0.39 is 11.9 Å². The SMILES string of the molecule is CCC[As](=S)(CCC)CCC. The fourth-order valence-electron chi connectivity index (χ4n) is 1.56. The molecule has 0 aliphatic heterocycles. The van der Waals surface area contributed by atoms with Gasteiger partial charge in [0.1, 0.15) is 0 Å². The molecule has 0 aliphatic rings. The van der Waals surface area contributed by atoms with Gasteiger partial charge in [-0.3, -0.25) is 0 Å². The van der Waals surface area contributed by atoms with Crippen LogP contribution in [0.4, 0.5) is 0 Å². The van der Waals surface area contributed by atoms with Crippen molar-refractivity contribution in [2.75, 3.05) is 0 Å². The predicted molar refractivity (Wildman–Crippen MR) is 58.6 cm³/mol. The van der Waals surface area contributed by atoms with Crippen LogP contribution in [0.2, 0.25) is 15.6 Å². The van der Waals surface area contributed by atoms with E-state index in [0.717, 1.165) is 0 Å². The Morgan fingerprint density at radius 2 is 1.09 bits per heavy atom. The summed E-state index contributed by atoms with van der Waals surface area (Å²) in [6.07, 6.45) is 3.95. The van der Waals surface area contributed by atoms with Gasteiger partial charge < -0.3 is 0 Å². The van der Waals surface area contributed by atoms with E-state index in [9.17, 15) is 0 Å². The van der Waals surface area contributed by atoms with Crippen molar-refractivity contribution in [2.24, 2.45) is 0 Å². The van der Waals surface area contributed by atoms with Crippen LogP contribution >= 0.6 is 10.4 Å². The first-order chi connectivity index (χ1) is 5.18. The van der Waals surface area contributed by atoms with E-state index in [1.54, 1.807) is 0 Å². The molecular weight excluding hydrogens is 215 g/mol. The molecule has 0 atom stereocenters. The molecule has 0 radical (unpaired) electrons. The van der Waals surface area contributed by atoms with Crippen molar-refractivity contribution in [2.45, 2.75) is 55.7 Å². The van der Waals surface area contributed by atoms with Crippen LogP contribution in [-0.2, 0) is 0 Å².